The molecule has 1 atom stereocenters. The van der Waals surface area contributed by atoms with Crippen LogP contribution in [0.5, 0.6) is 0 Å². The number of unbranched alkanes of at least 4 members (excludes halogenated alkanes) is 22. The van der Waals surface area contributed by atoms with E-state index >= 15 is 0 Å². The van der Waals surface area contributed by atoms with E-state index in [0.717, 1.165) is 19.5 Å². The summed E-state index contributed by atoms with van der Waals surface area (Å²) in [6.45, 7) is 8.78. The number of hydrogen-bond donors (Lipinski definition) is 2. The first kappa shape index (κ1) is 36.9. The molecule has 3 heteroatoms. The molecule has 0 heterocycles. The zero-order chi connectivity index (χ0) is 27.1. The Labute approximate surface area is 235 Å². The molecule has 3 nitrogen and oxygen atoms in total. The fourth-order valence-corrected chi connectivity index (χ4v) is 5.40. The van der Waals surface area contributed by atoms with Crippen molar-refractivity contribution < 1.29 is 5.11 Å². The Hall–Kier alpha value is -0.120. The Bertz CT molecular complexity index is 367. The molecule has 0 rings (SSSR count). The van der Waals surface area contributed by atoms with Crippen LogP contribution < -0.4 is 5.32 Å². The maximum absolute atomic E-state index is 10.2. The molecule has 37 heavy (non-hydrogen) atoms. The standard InChI is InChI=1S/C34H72N2O/c1-4-6-8-10-12-14-16-18-20-22-24-26-29-34(37)33-35-30-28-32-36(3)31-27-25-23-21-19-17-15-13-11-9-7-5-2/h34-35,37H,4-33H2,1-3H3. The molecule has 0 amide bonds. The monoisotopic (exact) mass is 525 g/mol. The number of rotatable bonds is 32. The van der Waals surface area contributed by atoms with Crippen LogP contribution in [0.4, 0.5) is 0 Å². The third-order valence-electron chi connectivity index (χ3n) is 8.06. The van der Waals surface area contributed by atoms with Gasteiger partial charge in [0, 0.05) is 6.54 Å². The topological polar surface area (TPSA) is 35.5 Å². The van der Waals surface area contributed by atoms with Crippen LogP contribution in [0.2, 0.25) is 0 Å². The maximum atomic E-state index is 10.2. The van der Waals surface area contributed by atoms with Gasteiger partial charge in [0.25, 0.3) is 0 Å². The Morgan fingerprint density at radius 1 is 0.486 bits per heavy atom. The molecule has 0 aromatic rings. The van der Waals surface area contributed by atoms with E-state index in [1.54, 1.807) is 0 Å². The van der Waals surface area contributed by atoms with Gasteiger partial charge in [-0.15, -0.1) is 0 Å². The van der Waals surface area contributed by atoms with E-state index in [0.29, 0.717) is 0 Å². The summed E-state index contributed by atoms with van der Waals surface area (Å²) in [5.74, 6) is 0. The number of hydrogen-bond acceptors (Lipinski definition) is 3. The van der Waals surface area contributed by atoms with Crippen LogP contribution in [0, 0.1) is 0 Å². The highest BCUT2D eigenvalue weighted by Gasteiger charge is 2.04. The van der Waals surface area contributed by atoms with E-state index in [1.165, 1.54) is 174 Å². The summed E-state index contributed by atoms with van der Waals surface area (Å²) in [5.41, 5.74) is 0. The molecule has 0 fully saturated rings. The minimum absolute atomic E-state index is 0.165. The van der Waals surface area contributed by atoms with Gasteiger partial charge in [-0.25, -0.2) is 0 Å². The van der Waals surface area contributed by atoms with Crippen molar-refractivity contribution in [3.8, 4) is 0 Å². The molecule has 0 spiro atoms. The molecule has 2 N–H and O–H groups in total. The molecule has 1 unspecified atom stereocenters. The summed E-state index contributed by atoms with van der Waals surface area (Å²) < 4.78 is 0. The van der Waals surface area contributed by atoms with Gasteiger partial charge in [-0.2, -0.15) is 0 Å². The lowest BCUT2D eigenvalue weighted by atomic mass is 10.0. The molecule has 0 aromatic carbocycles. The summed E-state index contributed by atoms with van der Waals surface area (Å²) in [7, 11) is 2.26. The molecule has 0 saturated carbocycles. The van der Waals surface area contributed by atoms with E-state index in [-0.39, 0.29) is 6.10 Å². The first-order chi connectivity index (χ1) is 18.2. The van der Waals surface area contributed by atoms with E-state index in [1.807, 2.05) is 0 Å². The molecule has 0 aliphatic carbocycles. The van der Waals surface area contributed by atoms with E-state index in [9.17, 15) is 5.11 Å². The van der Waals surface area contributed by atoms with Gasteiger partial charge in [-0.05, 0) is 45.9 Å². The summed E-state index contributed by atoms with van der Waals surface area (Å²) in [6, 6.07) is 0. The average molecular weight is 525 g/mol. The number of nitrogens with one attached hydrogen (secondary N) is 1. The summed E-state index contributed by atoms with van der Waals surface area (Å²) in [5, 5.41) is 13.7. The minimum atomic E-state index is -0.165. The van der Waals surface area contributed by atoms with Gasteiger partial charge in [0.15, 0.2) is 0 Å². The van der Waals surface area contributed by atoms with Crippen LogP contribution in [0.25, 0.3) is 0 Å². The van der Waals surface area contributed by atoms with Crippen molar-refractivity contribution in [1.29, 1.82) is 0 Å². The van der Waals surface area contributed by atoms with Crippen LogP contribution in [0.15, 0.2) is 0 Å². The van der Waals surface area contributed by atoms with Crippen LogP contribution in [-0.4, -0.2) is 49.3 Å². The largest absolute Gasteiger partial charge is 0.392 e. The van der Waals surface area contributed by atoms with Gasteiger partial charge in [-0.3, -0.25) is 0 Å². The summed E-state index contributed by atoms with van der Waals surface area (Å²) >= 11 is 0. The molecular formula is C34H72N2O. The van der Waals surface area contributed by atoms with Gasteiger partial charge in [0.05, 0.1) is 6.10 Å². The number of aliphatic hydroxyl groups is 1. The quantitative estimate of drug-likeness (QED) is 0.0859. The molecule has 0 radical (unpaired) electrons. The highest BCUT2D eigenvalue weighted by molar-refractivity contribution is 4.62. The van der Waals surface area contributed by atoms with Gasteiger partial charge < -0.3 is 15.3 Å². The Balaban J connectivity index is 3.25. The Morgan fingerprint density at radius 2 is 0.838 bits per heavy atom. The third-order valence-corrected chi connectivity index (χ3v) is 8.06. The van der Waals surface area contributed by atoms with Crippen molar-refractivity contribution in [3.05, 3.63) is 0 Å². The lowest BCUT2D eigenvalue weighted by molar-refractivity contribution is 0.157. The first-order valence-corrected chi connectivity index (χ1v) is 17.3. The van der Waals surface area contributed by atoms with E-state index < -0.39 is 0 Å². The number of aliphatic hydroxyl groups excluding tert-OH is 1. The zero-order valence-electron chi connectivity index (χ0n) is 26.2. The highest BCUT2D eigenvalue weighted by atomic mass is 16.3. The molecule has 224 valence electrons. The summed E-state index contributed by atoms with van der Waals surface area (Å²) in [4.78, 5) is 2.49. The fraction of sp³-hybridized carbons (Fsp3) is 1.00. The molecule has 0 saturated heterocycles. The van der Waals surface area contributed by atoms with Crippen molar-refractivity contribution in [2.24, 2.45) is 0 Å². The van der Waals surface area contributed by atoms with Crippen LogP contribution >= 0.6 is 0 Å². The minimum Gasteiger partial charge on any atom is -0.392 e. The predicted molar refractivity (Wildman–Crippen MR) is 168 cm³/mol. The molecule has 0 bridgehead atoms. The maximum Gasteiger partial charge on any atom is 0.0664 e. The average Bonchev–Trinajstić information content (AvgIpc) is 2.89. The van der Waals surface area contributed by atoms with E-state index in [2.05, 4.69) is 31.1 Å². The highest BCUT2D eigenvalue weighted by Crippen LogP contribution is 2.14. The van der Waals surface area contributed by atoms with Crippen molar-refractivity contribution >= 4 is 0 Å². The second kappa shape index (κ2) is 32.1. The normalized spacial score (nSPS) is 12.6. The molecular weight excluding hydrogens is 452 g/mol. The smallest absolute Gasteiger partial charge is 0.0664 e. The Morgan fingerprint density at radius 3 is 1.27 bits per heavy atom. The van der Waals surface area contributed by atoms with Crippen LogP contribution in [0.3, 0.4) is 0 Å². The van der Waals surface area contributed by atoms with Gasteiger partial charge >= 0.3 is 0 Å². The molecule has 0 aromatic heterocycles. The second-order valence-corrected chi connectivity index (χ2v) is 12.1. The fourth-order valence-electron chi connectivity index (χ4n) is 5.40. The van der Waals surface area contributed by atoms with Crippen molar-refractivity contribution in [3.63, 3.8) is 0 Å². The SMILES string of the molecule is CCCCCCCCCCCCCCC(O)CNCCCN(C)CCCCCCCCCCCCCC. The molecule has 0 aliphatic heterocycles. The van der Waals surface area contributed by atoms with E-state index in [4.69, 9.17) is 0 Å². The van der Waals surface area contributed by atoms with Crippen molar-refractivity contribution in [1.82, 2.24) is 10.2 Å². The van der Waals surface area contributed by atoms with Crippen LogP contribution in [-0.2, 0) is 0 Å². The van der Waals surface area contributed by atoms with Crippen molar-refractivity contribution in [2.45, 2.75) is 187 Å². The first-order valence-electron chi connectivity index (χ1n) is 17.3. The van der Waals surface area contributed by atoms with Gasteiger partial charge in [0.1, 0.15) is 0 Å². The summed E-state index contributed by atoms with van der Waals surface area (Å²) in [6.07, 6.45) is 35.6. The molecule has 0 aliphatic rings. The zero-order valence-corrected chi connectivity index (χ0v) is 26.2. The van der Waals surface area contributed by atoms with Gasteiger partial charge in [-0.1, -0.05) is 162 Å². The predicted octanol–water partition coefficient (Wildman–Crippen LogP) is 10.1. The Kier molecular flexibility index (Phi) is 32.0. The van der Waals surface area contributed by atoms with Crippen molar-refractivity contribution in [2.75, 3.05) is 33.2 Å². The second-order valence-electron chi connectivity index (χ2n) is 12.1. The third kappa shape index (κ3) is 32.0. The van der Waals surface area contributed by atoms with Gasteiger partial charge in [0.2, 0.25) is 0 Å². The van der Waals surface area contributed by atoms with Crippen LogP contribution in [0.1, 0.15) is 181 Å². The lowest BCUT2D eigenvalue weighted by Gasteiger charge is -2.17. The lowest BCUT2D eigenvalue weighted by Crippen LogP contribution is -2.30. The number of nitrogens with zero attached hydrogens (tertiary/aromatic N) is 1.